The number of methoxy groups -OCH3 is 1. The molecule has 1 aliphatic rings. The molecule has 1 heterocycles. The predicted molar refractivity (Wildman–Crippen MR) is 105 cm³/mol. The standard InChI is InChI=1S/C20H20N2O4S/c1-22(2)15-9-8-14-19-13(15)5-4-6-18(19)27(24,25)21-20(14)12-7-10-17(26-3)16(23)11-12/h4-11,20-21,23H,1-3H3. The second-order valence-corrected chi connectivity index (χ2v) is 8.42. The number of aromatic hydroxyl groups is 1. The Labute approximate surface area is 158 Å². The Balaban J connectivity index is 2.02. The van der Waals surface area contributed by atoms with E-state index in [0.29, 0.717) is 16.7 Å². The lowest BCUT2D eigenvalue weighted by molar-refractivity contribution is 0.373. The molecule has 2 N–H and O–H groups in total. The summed E-state index contributed by atoms with van der Waals surface area (Å²) in [4.78, 5) is 2.24. The van der Waals surface area contributed by atoms with Gasteiger partial charge >= 0.3 is 0 Å². The van der Waals surface area contributed by atoms with Crippen molar-refractivity contribution in [1.82, 2.24) is 4.72 Å². The van der Waals surface area contributed by atoms with Gasteiger partial charge in [0, 0.05) is 30.6 Å². The molecule has 7 heteroatoms. The molecule has 1 atom stereocenters. The first-order valence-electron chi connectivity index (χ1n) is 8.45. The van der Waals surface area contributed by atoms with Gasteiger partial charge in [-0.3, -0.25) is 0 Å². The molecule has 0 saturated carbocycles. The summed E-state index contributed by atoms with van der Waals surface area (Å²) in [5, 5.41) is 11.7. The van der Waals surface area contributed by atoms with Crippen LogP contribution in [0.1, 0.15) is 17.2 Å². The second kappa shape index (κ2) is 6.14. The summed E-state index contributed by atoms with van der Waals surface area (Å²) < 4.78 is 33.7. The van der Waals surface area contributed by atoms with E-state index in [1.807, 2.05) is 37.2 Å². The van der Waals surface area contributed by atoms with Gasteiger partial charge in [-0.2, -0.15) is 4.72 Å². The number of phenolic OH excluding ortho intramolecular Hbond substituents is 1. The van der Waals surface area contributed by atoms with Crippen LogP contribution in [0.4, 0.5) is 5.69 Å². The molecule has 140 valence electrons. The summed E-state index contributed by atoms with van der Waals surface area (Å²) in [6.07, 6.45) is 0. The SMILES string of the molecule is COc1ccc(C2NS(=O)(=O)c3cccc4c(N(C)C)ccc2c34)cc1O. The molecule has 3 aromatic carbocycles. The zero-order valence-corrected chi connectivity index (χ0v) is 16.0. The molecular weight excluding hydrogens is 364 g/mol. The number of ether oxygens (including phenoxy) is 1. The van der Waals surface area contributed by atoms with Crippen molar-refractivity contribution in [3.63, 3.8) is 0 Å². The van der Waals surface area contributed by atoms with Crippen LogP contribution in [0.3, 0.4) is 0 Å². The number of nitrogens with one attached hydrogen (secondary N) is 1. The minimum atomic E-state index is -3.70. The van der Waals surface area contributed by atoms with Crippen molar-refractivity contribution in [1.29, 1.82) is 0 Å². The maximum atomic E-state index is 12.9. The van der Waals surface area contributed by atoms with Gasteiger partial charge in [0.2, 0.25) is 10.0 Å². The largest absolute Gasteiger partial charge is 0.504 e. The lowest BCUT2D eigenvalue weighted by Crippen LogP contribution is -2.33. The molecule has 0 spiro atoms. The monoisotopic (exact) mass is 384 g/mol. The van der Waals surface area contributed by atoms with Crippen LogP contribution < -0.4 is 14.4 Å². The van der Waals surface area contributed by atoms with Crippen LogP contribution >= 0.6 is 0 Å². The van der Waals surface area contributed by atoms with E-state index in [9.17, 15) is 13.5 Å². The molecule has 0 fully saturated rings. The Morgan fingerprint density at radius 1 is 1.11 bits per heavy atom. The van der Waals surface area contributed by atoms with Gasteiger partial charge in [-0.15, -0.1) is 0 Å². The predicted octanol–water partition coefficient (Wildman–Crippen LogP) is 3.00. The molecule has 4 rings (SSSR count). The van der Waals surface area contributed by atoms with Gasteiger partial charge in [0.25, 0.3) is 0 Å². The minimum Gasteiger partial charge on any atom is -0.504 e. The molecule has 0 aromatic heterocycles. The quantitative estimate of drug-likeness (QED) is 0.726. The van der Waals surface area contributed by atoms with Gasteiger partial charge in [0.05, 0.1) is 18.0 Å². The molecule has 0 saturated heterocycles. The normalized spacial score (nSPS) is 17.7. The third-order valence-corrected chi connectivity index (χ3v) is 6.37. The van der Waals surface area contributed by atoms with E-state index in [1.54, 1.807) is 24.3 Å². The number of sulfonamides is 1. The Hall–Kier alpha value is -2.77. The average Bonchev–Trinajstić information content (AvgIpc) is 2.64. The highest BCUT2D eigenvalue weighted by molar-refractivity contribution is 7.89. The summed E-state index contributed by atoms with van der Waals surface area (Å²) in [6, 6.07) is 13.6. The van der Waals surface area contributed by atoms with Crippen LogP contribution in [-0.2, 0) is 10.0 Å². The zero-order chi connectivity index (χ0) is 19.3. The van der Waals surface area contributed by atoms with Crippen molar-refractivity contribution in [3.05, 3.63) is 59.7 Å². The maximum Gasteiger partial charge on any atom is 0.242 e. The molecule has 0 aliphatic carbocycles. The Morgan fingerprint density at radius 3 is 2.56 bits per heavy atom. The maximum absolute atomic E-state index is 12.9. The van der Waals surface area contributed by atoms with E-state index in [2.05, 4.69) is 4.72 Å². The highest BCUT2D eigenvalue weighted by Crippen LogP contribution is 2.42. The van der Waals surface area contributed by atoms with Crippen molar-refractivity contribution in [2.75, 3.05) is 26.1 Å². The first-order valence-corrected chi connectivity index (χ1v) is 9.94. The minimum absolute atomic E-state index is 0.0331. The molecule has 0 amide bonds. The highest BCUT2D eigenvalue weighted by Gasteiger charge is 2.33. The fourth-order valence-electron chi connectivity index (χ4n) is 3.65. The molecule has 0 bridgehead atoms. The van der Waals surface area contributed by atoms with Crippen molar-refractivity contribution < 1.29 is 18.3 Å². The smallest absolute Gasteiger partial charge is 0.242 e. The van der Waals surface area contributed by atoms with Gasteiger partial charge in [-0.05, 0) is 35.4 Å². The Morgan fingerprint density at radius 2 is 1.89 bits per heavy atom. The molecule has 1 unspecified atom stereocenters. The van der Waals surface area contributed by atoms with E-state index in [4.69, 9.17) is 4.74 Å². The van der Waals surface area contributed by atoms with E-state index in [-0.39, 0.29) is 10.6 Å². The van der Waals surface area contributed by atoms with Gasteiger partial charge in [-0.25, -0.2) is 8.42 Å². The number of hydrogen-bond donors (Lipinski definition) is 2. The van der Waals surface area contributed by atoms with Crippen molar-refractivity contribution >= 4 is 26.5 Å². The van der Waals surface area contributed by atoms with Crippen molar-refractivity contribution in [3.8, 4) is 11.5 Å². The van der Waals surface area contributed by atoms with Gasteiger partial charge in [0.1, 0.15) is 0 Å². The van der Waals surface area contributed by atoms with Crippen LogP contribution in [0.2, 0.25) is 0 Å². The first-order chi connectivity index (χ1) is 12.8. The topological polar surface area (TPSA) is 78.9 Å². The lowest BCUT2D eigenvalue weighted by Gasteiger charge is -2.29. The van der Waals surface area contributed by atoms with Gasteiger partial charge in [-0.1, -0.05) is 24.3 Å². The summed E-state index contributed by atoms with van der Waals surface area (Å²) in [7, 11) is 1.63. The fourth-order valence-corrected chi connectivity index (χ4v) is 5.11. The summed E-state index contributed by atoms with van der Waals surface area (Å²) in [5.74, 6) is 0.306. The molecule has 6 nitrogen and oxygen atoms in total. The number of anilines is 1. The molecule has 0 radical (unpaired) electrons. The Kier molecular flexibility index (Phi) is 4.01. The zero-order valence-electron chi connectivity index (χ0n) is 15.2. The Bertz CT molecular complexity index is 1160. The number of hydrogen-bond acceptors (Lipinski definition) is 5. The third-order valence-electron chi connectivity index (χ3n) is 4.90. The van der Waals surface area contributed by atoms with E-state index in [0.717, 1.165) is 16.6 Å². The van der Waals surface area contributed by atoms with Crippen molar-refractivity contribution in [2.24, 2.45) is 0 Å². The van der Waals surface area contributed by atoms with Gasteiger partial charge < -0.3 is 14.7 Å². The molecule has 3 aromatic rings. The second-order valence-electron chi connectivity index (χ2n) is 6.73. The van der Waals surface area contributed by atoms with Gasteiger partial charge in [0.15, 0.2) is 11.5 Å². The van der Waals surface area contributed by atoms with Crippen molar-refractivity contribution in [2.45, 2.75) is 10.9 Å². The highest BCUT2D eigenvalue weighted by atomic mass is 32.2. The van der Waals surface area contributed by atoms with Crippen LogP contribution in [0, 0.1) is 0 Å². The summed E-state index contributed by atoms with van der Waals surface area (Å²) >= 11 is 0. The number of nitrogens with zero attached hydrogens (tertiary/aromatic N) is 1. The summed E-state index contributed by atoms with van der Waals surface area (Å²) in [5.41, 5.74) is 2.44. The van der Waals surface area contributed by atoms with Crippen LogP contribution in [0.25, 0.3) is 10.8 Å². The van der Waals surface area contributed by atoms with E-state index in [1.165, 1.54) is 13.2 Å². The average molecular weight is 384 g/mol. The molecule has 27 heavy (non-hydrogen) atoms. The van der Waals surface area contributed by atoms with Crippen LogP contribution in [0.15, 0.2) is 53.4 Å². The summed E-state index contributed by atoms with van der Waals surface area (Å²) in [6.45, 7) is 0. The number of benzene rings is 3. The third kappa shape index (κ3) is 2.70. The number of rotatable bonds is 3. The first kappa shape index (κ1) is 17.6. The van der Waals surface area contributed by atoms with Crippen LogP contribution in [0.5, 0.6) is 11.5 Å². The van der Waals surface area contributed by atoms with Crippen LogP contribution in [-0.4, -0.2) is 34.7 Å². The number of phenols is 1. The molecule has 1 aliphatic heterocycles. The lowest BCUT2D eigenvalue weighted by atomic mass is 9.93. The van der Waals surface area contributed by atoms with E-state index >= 15 is 0 Å². The van der Waals surface area contributed by atoms with E-state index < -0.39 is 16.1 Å². The molecular formula is C20H20N2O4S. The fraction of sp³-hybridized carbons (Fsp3) is 0.200.